The van der Waals surface area contributed by atoms with Gasteiger partial charge < -0.3 is 5.11 Å². The third-order valence-electron chi connectivity index (χ3n) is 5.08. The van der Waals surface area contributed by atoms with Crippen LogP contribution in [0.5, 0.6) is 0 Å². The zero-order valence-electron chi connectivity index (χ0n) is 15.5. The molecule has 0 spiro atoms. The molecule has 1 aliphatic rings. The molecule has 2 nitrogen and oxygen atoms in total. The fourth-order valence-corrected chi connectivity index (χ4v) is 6.18. The summed E-state index contributed by atoms with van der Waals surface area (Å²) in [5.41, 5.74) is 2.54. The maximum absolute atomic E-state index is 14.7. The van der Waals surface area contributed by atoms with E-state index in [1.54, 1.807) is 11.8 Å². The normalized spacial score (nSPS) is 25.8. The van der Waals surface area contributed by atoms with E-state index in [1.165, 1.54) is 16.0 Å². The molecule has 0 aromatic heterocycles. The molecule has 0 bridgehead atoms. The van der Waals surface area contributed by atoms with Crippen molar-refractivity contribution < 1.29 is 14.3 Å². The Morgan fingerprint density at radius 1 is 1.35 bits per heavy atom. The molecular weight excluding hydrogens is 462 g/mol. The first-order valence-electron chi connectivity index (χ1n) is 9.24. The average molecular weight is 490 g/mol. The Hall–Kier alpha value is -0.560. The van der Waals surface area contributed by atoms with Crippen LogP contribution in [0.15, 0.2) is 35.2 Å². The van der Waals surface area contributed by atoms with Crippen LogP contribution in [0.25, 0.3) is 0 Å². The number of alkyl halides is 2. The average Bonchev–Trinajstić information content (AvgIpc) is 2.84. The van der Waals surface area contributed by atoms with Gasteiger partial charge in [-0.25, -0.2) is 4.39 Å². The van der Waals surface area contributed by atoms with Gasteiger partial charge in [-0.2, -0.15) is 0 Å². The smallest absolute Gasteiger partial charge is 0.303 e. The number of halogens is 2. The van der Waals surface area contributed by atoms with E-state index in [-0.39, 0.29) is 16.3 Å². The number of aryl methyl sites for hydroxylation is 2. The number of carboxylic acids is 1. The fourth-order valence-electron chi connectivity index (χ4n) is 3.59. The highest BCUT2D eigenvalue weighted by Gasteiger charge is 2.41. The van der Waals surface area contributed by atoms with Crippen molar-refractivity contribution in [1.82, 2.24) is 0 Å². The van der Waals surface area contributed by atoms with Crippen LogP contribution < -0.4 is 0 Å². The first kappa shape index (κ1) is 21.7. The molecule has 4 atom stereocenters. The zero-order chi connectivity index (χ0) is 19.1. The second-order valence-electron chi connectivity index (χ2n) is 7.15. The minimum atomic E-state index is -0.745. The van der Waals surface area contributed by atoms with Crippen LogP contribution in [-0.2, 0) is 4.79 Å². The Labute approximate surface area is 174 Å². The number of carboxylic acid groups (broad SMARTS) is 1. The summed E-state index contributed by atoms with van der Waals surface area (Å²) < 4.78 is 14.8. The van der Waals surface area contributed by atoms with Gasteiger partial charge in [0.1, 0.15) is 6.17 Å². The van der Waals surface area contributed by atoms with E-state index in [1.807, 2.05) is 0 Å². The van der Waals surface area contributed by atoms with Crippen LogP contribution in [0.2, 0.25) is 0 Å². The number of rotatable bonds is 9. The number of benzene rings is 1. The largest absolute Gasteiger partial charge is 0.481 e. The predicted octanol–water partition coefficient (Wildman–Crippen LogP) is 6.37. The number of thioether (sulfide) groups is 1. The van der Waals surface area contributed by atoms with E-state index < -0.39 is 12.1 Å². The summed E-state index contributed by atoms with van der Waals surface area (Å²) in [6.07, 6.45) is 6.95. The topological polar surface area (TPSA) is 37.3 Å². The van der Waals surface area contributed by atoms with Crippen molar-refractivity contribution in [2.45, 2.75) is 60.9 Å². The molecule has 0 amide bonds. The predicted molar refractivity (Wildman–Crippen MR) is 116 cm³/mol. The maximum atomic E-state index is 14.7. The minimum absolute atomic E-state index is 0.0876. The Kier molecular flexibility index (Phi) is 8.94. The van der Waals surface area contributed by atoms with Crippen molar-refractivity contribution in [3.63, 3.8) is 0 Å². The van der Waals surface area contributed by atoms with Gasteiger partial charge in [0.05, 0.1) is 0 Å². The monoisotopic (exact) mass is 490 g/mol. The quantitative estimate of drug-likeness (QED) is 0.144. The van der Waals surface area contributed by atoms with E-state index in [4.69, 9.17) is 5.11 Å². The summed E-state index contributed by atoms with van der Waals surface area (Å²) in [5, 5.41) is 8.66. The first-order valence-corrected chi connectivity index (χ1v) is 11.5. The van der Waals surface area contributed by atoms with Gasteiger partial charge in [-0.15, -0.1) is 11.8 Å². The summed E-state index contributed by atoms with van der Waals surface area (Å²) in [6, 6.07) is 6.31. The number of unbranched alkanes of at least 4 members (excludes halogenated alkanes) is 1. The van der Waals surface area contributed by atoms with Gasteiger partial charge in [-0.3, -0.25) is 4.79 Å². The highest BCUT2D eigenvalue weighted by molar-refractivity contribution is 14.1. The lowest BCUT2D eigenvalue weighted by molar-refractivity contribution is -0.137. The van der Waals surface area contributed by atoms with Crippen LogP contribution in [0.1, 0.15) is 43.2 Å². The van der Waals surface area contributed by atoms with Crippen LogP contribution in [0.4, 0.5) is 4.39 Å². The summed E-state index contributed by atoms with van der Waals surface area (Å²) in [7, 11) is 0. The van der Waals surface area contributed by atoms with E-state index >= 15 is 0 Å². The number of hydrogen-bond acceptors (Lipinski definition) is 2. The molecule has 0 saturated heterocycles. The molecule has 1 aromatic rings. The van der Waals surface area contributed by atoms with Gasteiger partial charge in [0, 0.05) is 26.9 Å². The van der Waals surface area contributed by atoms with Gasteiger partial charge >= 0.3 is 5.97 Å². The van der Waals surface area contributed by atoms with Gasteiger partial charge in [-0.05, 0) is 56.6 Å². The molecule has 0 aliphatic heterocycles. The number of allylic oxidation sites excluding steroid dienone is 2. The Bertz CT molecular complexity index is 614. The minimum Gasteiger partial charge on any atom is -0.481 e. The van der Waals surface area contributed by atoms with Crippen molar-refractivity contribution in [2.24, 2.45) is 11.8 Å². The van der Waals surface area contributed by atoms with Crippen LogP contribution in [0.3, 0.4) is 0 Å². The van der Waals surface area contributed by atoms with Crippen molar-refractivity contribution in [2.75, 3.05) is 5.75 Å². The summed E-state index contributed by atoms with van der Waals surface area (Å²) in [5.74, 6) is 0.541. The molecule has 2 rings (SSSR count). The highest BCUT2D eigenvalue weighted by atomic mass is 127. The number of carbonyl (C=O) groups is 1. The zero-order valence-corrected chi connectivity index (χ0v) is 18.4. The summed E-state index contributed by atoms with van der Waals surface area (Å²) in [6.45, 7) is 4.24. The molecule has 1 saturated carbocycles. The molecule has 5 heteroatoms. The lowest BCUT2D eigenvalue weighted by atomic mass is 9.93. The Morgan fingerprint density at radius 2 is 2.04 bits per heavy atom. The van der Waals surface area contributed by atoms with Crippen molar-refractivity contribution in [3.05, 3.63) is 41.5 Å². The van der Waals surface area contributed by atoms with Gasteiger partial charge in [0.2, 0.25) is 0 Å². The maximum Gasteiger partial charge on any atom is 0.303 e. The first-order chi connectivity index (χ1) is 12.4. The van der Waals surface area contributed by atoms with E-state index in [9.17, 15) is 9.18 Å². The highest BCUT2D eigenvalue weighted by Crippen LogP contribution is 2.44. The number of hydrogen-bond donors (Lipinski definition) is 1. The van der Waals surface area contributed by atoms with Crippen molar-refractivity contribution in [1.29, 1.82) is 0 Å². The van der Waals surface area contributed by atoms with E-state index in [0.717, 1.165) is 25.0 Å². The van der Waals surface area contributed by atoms with Crippen molar-refractivity contribution in [3.8, 4) is 0 Å². The number of aliphatic carboxylic acids is 1. The molecule has 0 radical (unpaired) electrons. The Balaban J connectivity index is 1.90. The molecular formula is C21H28FIO2S. The lowest BCUT2D eigenvalue weighted by Gasteiger charge is -2.21. The molecule has 1 N–H and O–H groups in total. The SMILES string of the molecule is Cc1cccc(C)c1SC[C@H]1C(F)C(I)C[C@@H]1CC=CCCCC(=O)O. The summed E-state index contributed by atoms with van der Waals surface area (Å²) in [4.78, 5) is 11.8. The molecule has 1 fully saturated rings. The second kappa shape index (κ2) is 10.7. The van der Waals surface area contributed by atoms with E-state index in [2.05, 4.69) is 66.8 Å². The fraction of sp³-hybridized carbons (Fsp3) is 0.571. The van der Waals surface area contributed by atoms with Gasteiger partial charge in [0.25, 0.3) is 0 Å². The molecule has 144 valence electrons. The Morgan fingerprint density at radius 3 is 2.69 bits per heavy atom. The standard InChI is InChI=1S/C21H28FIO2S/c1-14-8-7-9-15(2)21(14)26-13-17-16(12-18(23)20(17)22)10-5-3-4-6-11-19(24)25/h3,5,7-9,16-18,20H,4,6,10-13H2,1-2H3,(H,24,25)/t16-,17+,18?,20?/m0/s1. The lowest BCUT2D eigenvalue weighted by Crippen LogP contribution is -2.21. The molecule has 1 aromatic carbocycles. The van der Waals surface area contributed by atoms with E-state index in [0.29, 0.717) is 12.3 Å². The van der Waals surface area contributed by atoms with Gasteiger partial charge in [0.15, 0.2) is 0 Å². The van der Waals surface area contributed by atoms with Crippen LogP contribution >= 0.6 is 34.4 Å². The third kappa shape index (κ3) is 6.25. The summed E-state index contributed by atoms with van der Waals surface area (Å²) >= 11 is 4.06. The third-order valence-corrected chi connectivity index (χ3v) is 7.76. The second-order valence-corrected chi connectivity index (χ2v) is 9.78. The molecule has 26 heavy (non-hydrogen) atoms. The molecule has 1 aliphatic carbocycles. The van der Waals surface area contributed by atoms with Crippen LogP contribution in [0, 0.1) is 25.7 Å². The molecule has 2 unspecified atom stereocenters. The van der Waals surface area contributed by atoms with Gasteiger partial charge in [-0.1, -0.05) is 52.9 Å². The van der Waals surface area contributed by atoms with Crippen LogP contribution in [-0.4, -0.2) is 26.9 Å². The van der Waals surface area contributed by atoms with Crippen molar-refractivity contribution >= 4 is 40.3 Å². The molecule has 0 heterocycles.